The molecule has 0 saturated heterocycles. The Balaban J connectivity index is 2.10. The molecule has 0 bridgehead atoms. The molecule has 0 aliphatic heterocycles. The van der Waals surface area contributed by atoms with E-state index in [0.717, 1.165) is 23.8 Å². The number of thiazole rings is 1. The second kappa shape index (κ2) is 6.53. The number of rotatable bonds is 6. The number of aryl methyl sites for hydroxylation is 1. The van der Waals surface area contributed by atoms with E-state index in [1.807, 2.05) is 6.92 Å². The quantitative estimate of drug-likeness (QED) is 0.638. The summed E-state index contributed by atoms with van der Waals surface area (Å²) in [5.74, 6) is 0. The van der Waals surface area contributed by atoms with Crippen molar-refractivity contribution in [1.82, 2.24) is 10.3 Å². The molecule has 1 N–H and O–H groups in total. The third-order valence-corrected chi connectivity index (χ3v) is 3.98. The minimum atomic E-state index is 0.646. The van der Waals surface area contributed by atoms with Crippen LogP contribution in [-0.4, -0.2) is 16.4 Å². The lowest BCUT2D eigenvalue weighted by molar-refractivity contribution is 0.624. The van der Waals surface area contributed by atoms with E-state index < -0.39 is 0 Å². The zero-order chi connectivity index (χ0) is 10.4. The minimum Gasteiger partial charge on any atom is -0.311 e. The molecular weight excluding hydrogens is 260 g/mol. The topological polar surface area (TPSA) is 24.9 Å². The number of nitrogens with zero attached hydrogens (tertiary/aromatic N) is 1. The van der Waals surface area contributed by atoms with Gasteiger partial charge in [-0.3, -0.25) is 0 Å². The lowest BCUT2D eigenvalue weighted by Gasteiger charge is -2.06. The van der Waals surface area contributed by atoms with Crippen LogP contribution in [0.25, 0.3) is 0 Å². The molecule has 0 radical (unpaired) electrons. The first-order chi connectivity index (χ1) is 6.72. The average Bonchev–Trinajstić information content (AvgIpc) is 2.58. The highest BCUT2D eigenvalue weighted by Crippen LogP contribution is 2.09. The maximum atomic E-state index is 4.39. The molecular formula is C10H17BrN2S. The summed E-state index contributed by atoms with van der Waals surface area (Å²) in [5, 5.41) is 6.66. The molecule has 0 saturated carbocycles. The highest BCUT2D eigenvalue weighted by Gasteiger charge is 2.00. The lowest BCUT2D eigenvalue weighted by atomic mass is 10.2. The van der Waals surface area contributed by atoms with Gasteiger partial charge in [0, 0.05) is 16.8 Å². The van der Waals surface area contributed by atoms with Crippen molar-refractivity contribution in [3.05, 3.63) is 16.1 Å². The molecule has 0 amide bonds. The van der Waals surface area contributed by atoms with Crippen LogP contribution in [0.4, 0.5) is 0 Å². The average molecular weight is 277 g/mol. The summed E-state index contributed by atoms with van der Waals surface area (Å²) in [7, 11) is 0. The van der Waals surface area contributed by atoms with Crippen LogP contribution >= 0.6 is 27.3 Å². The second-order valence-electron chi connectivity index (χ2n) is 3.33. The summed E-state index contributed by atoms with van der Waals surface area (Å²) in [4.78, 5) is 5.04. The molecule has 0 aliphatic rings. The molecule has 1 aromatic rings. The summed E-state index contributed by atoms with van der Waals surface area (Å²) in [5.41, 5.74) is 1.16. The van der Waals surface area contributed by atoms with Crippen molar-refractivity contribution in [1.29, 1.82) is 0 Å². The van der Waals surface area contributed by atoms with Crippen molar-refractivity contribution in [2.24, 2.45) is 0 Å². The van der Waals surface area contributed by atoms with E-state index in [9.17, 15) is 0 Å². The zero-order valence-corrected chi connectivity index (χ0v) is 11.1. The van der Waals surface area contributed by atoms with Crippen LogP contribution < -0.4 is 5.32 Å². The Morgan fingerprint density at radius 3 is 3.00 bits per heavy atom. The Kier molecular flexibility index (Phi) is 5.67. The number of nitrogens with one attached hydrogen (secondary N) is 1. The van der Waals surface area contributed by atoms with Gasteiger partial charge in [-0.1, -0.05) is 22.9 Å². The molecule has 14 heavy (non-hydrogen) atoms. The zero-order valence-electron chi connectivity index (χ0n) is 8.72. The molecule has 0 aliphatic carbocycles. The largest absolute Gasteiger partial charge is 0.311 e. The first-order valence-electron chi connectivity index (χ1n) is 4.98. The fraction of sp³-hybridized carbons (Fsp3) is 0.700. The van der Waals surface area contributed by atoms with Crippen molar-refractivity contribution in [3.8, 4) is 0 Å². The van der Waals surface area contributed by atoms with Crippen LogP contribution in [0.3, 0.4) is 0 Å². The highest BCUT2D eigenvalue weighted by molar-refractivity contribution is 9.09. The van der Waals surface area contributed by atoms with Gasteiger partial charge < -0.3 is 5.32 Å². The van der Waals surface area contributed by atoms with E-state index in [1.165, 1.54) is 12.8 Å². The van der Waals surface area contributed by atoms with Gasteiger partial charge in [-0.25, -0.2) is 4.98 Å². The Labute approximate surface area is 98.3 Å². The lowest BCUT2D eigenvalue weighted by Crippen LogP contribution is -2.17. The summed E-state index contributed by atoms with van der Waals surface area (Å²) in [6.07, 6.45) is 2.37. The number of hydrogen-bond donors (Lipinski definition) is 1. The van der Waals surface area contributed by atoms with Gasteiger partial charge in [0.1, 0.15) is 0 Å². The molecule has 4 heteroatoms. The summed E-state index contributed by atoms with van der Waals surface area (Å²) >= 11 is 5.33. The molecule has 1 aromatic heterocycles. The molecule has 1 atom stereocenters. The van der Waals surface area contributed by atoms with Gasteiger partial charge >= 0.3 is 0 Å². The van der Waals surface area contributed by atoms with Gasteiger partial charge in [0.25, 0.3) is 0 Å². The Bertz CT molecular complexity index is 262. The Morgan fingerprint density at radius 1 is 1.64 bits per heavy atom. The van der Waals surface area contributed by atoms with Crippen LogP contribution in [0.1, 0.15) is 30.5 Å². The Hall–Kier alpha value is 0.0700. The third-order valence-electron chi connectivity index (χ3n) is 2.05. The van der Waals surface area contributed by atoms with Crippen molar-refractivity contribution in [3.63, 3.8) is 0 Å². The van der Waals surface area contributed by atoms with Crippen LogP contribution in [-0.2, 0) is 6.54 Å². The van der Waals surface area contributed by atoms with Gasteiger partial charge in [0.2, 0.25) is 0 Å². The van der Waals surface area contributed by atoms with Crippen molar-refractivity contribution >= 4 is 27.3 Å². The molecule has 0 fully saturated rings. The number of hydrogen-bond acceptors (Lipinski definition) is 3. The van der Waals surface area contributed by atoms with Crippen LogP contribution in [0.2, 0.25) is 0 Å². The highest BCUT2D eigenvalue weighted by atomic mass is 79.9. The van der Waals surface area contributed by atoms with E-state index in [0.29, 0.717) is 4.83 Å². The van der Waals surface area contributed by atoms with Gasteiger partial charge in [-0.15, -0.1) is 11.3 Å². The standard InChI is InChI=1S/C10H17BrN2S/c1-3-9(11)4-5-12-6-10-7-14-8(2)13-10/h7,9,12H,3-6H2,1-2H3. The first kappa shape index (κ1) is 12.1. The molecule has 2 nitrogen and oxygen atoms in total. The van der Waals surface area contributed by atoms with Gasteiger partial charge in [-0.2, -0.15) is 0 Å². The van der Waals surface area contributed by atoms with E-state index in [1.54, 1.807) is 11.3 Å². The maximum absolute atomic E-state index is 4.39. The maximum Gasteiger partial charge on any atom is 0.0897 e. The Morgan fingerprint density at radius 2 is 2.43 bits per heavy atom. The van der Waals surface area contributed by atoms with Gasteiger partial charge in [0.05, 0.1) is 10.7 Å². The minimum absolute atomic E-state index is 0.646. The molecule has 0 aromatic carbocycles. The molecule has 80 valence electrons. The molecule has 1 unspecified atom stereocenters. The van der Waals surface area contributed by atoms with E-state index in [-0.39, 0.29) is 0 Å². The normalized spacial score (nSPS) is 13.1. The third kappa shape index (κ3) is 4.53. The predicted octanol–water partition coefficient (Wildman–Crippen LogP) is 3.10. The molecule has 1 rings (SSSR count). The van der Waals surface area contributed by atoms with Crippen molar-refractivity contribution in [2.75, 3.05) is 6.54 Å². The first-order valence-corrected chi connectivity index (χ1v) is 6.77. The van der Waals surface area contributed by atoms with Crippen molar-refractivity contribution in [2.45, 2.75) is 38.1 Å². The van der Waals surface area contributed by atoms with Crippen LogP contribution in [0, 0.1) is 6.92 Å². The fourth-order valence-electron chi connectivity index (χ4n) is 1.17. The number of alkyl halides is 1. The van der Waals surface area contributed by atoms with E-state index in [2.05, 4.69) is 38.5 Å². The van der Waals surface area contributed by atoms with E-state index >= 15 is 0 Å². The predicted molar refractivity (Wildman–Crippen MR) is 66.2 cm³/mol. The molecule has 1 heterocycles. The second-order valence-corrected chi connectivity index (χ2v) is 5.69. The van der Waals surface area contributed by atoms with Gasteiger partial charge in [0.15, 0.2) is 0 Å². The smallest absolute Gasteiger partial charge is 0.0897 e. The van der Waals surface area contributed by atoms with Crippen molar-refractivity contribution < 1.29 is 0 Å². The number of aromatic nitrogens is 1. The summed E-state index contributed by atoms with van der Waals surface area (Å²) < 4.78 is 0. The van der Waals surface area contributed by atoms with Gasteiger partial charge in [-0.05, 0) is 26.3 Å². The monoisotopic (exact) mass is 276 g/mol. The number of halogens is 1. The molecule has 0 spiro atoms. The van der Waals surface area contributed by atoms with E-state index in [4.69, 9.17) is 0 Å². The summed E-state index contributed by atoms with van der Waals surface area (Å²) in [6, 6.07) is 0. The van der Waals surface area contributed by atoms with Crippen LogP contribution in [0.5, 0.6) is 0 Å². The summed E-state index contributed by atoms with van der Waals surface area (Å²) in [6.45, 7) is 6.19. The fourth-order valence-corrected chi connectivity index (χ4v) is 2.01. The van der Waals surface area contributed by atoms with Crippen LogP contribution in [0.15, 0.2) is 5.38 Å². The SMILES string of the molecule is CCC(Br)CCNCc1csc(C)n1.